The number of benzene rings is 1. The van der Waals surface area contributed by atoms with Crippen LogP contribution in [0.5, 0.6) is 11.5 Å². The number of hydrogen-bond acceptors (Lipinski definition) is 5. The highest BCUT2D eigenvalue weighted by Crippen LogP contribution is 2.34. The lowest BCUT2D eigenvalue weighted by Gasteiger charge is -2.41. The average molecular weight is 345 g/mol. The molecule has 2 unspecified atom stereocenters. The first-order valence-electron chi connectivity index (χ1n) is 9.31. The average Bonchev–Trinajstić information content (AvgIpc) is 2.58. The largest absolute Gasteiger partial charge is 0.490 e. The zero-order valence-corrected chi connectivity index (χ0v) is 16.2. The minimum atomic E-state index is -0.263. The molecule has 1 aromatic carbocycles. The molecule has 0 radical (unpaired) electrons. The van der Waals surface area contributed by atoms with Crippen LogP contribution in [0.1, 0.15) is 46.2 Å². The monoisotopic (exact) mass is 345 g/mol. The van der Waals surface area contributed by atoms with Gasteiger partial charge in [-0.25, -0.2) is 0 Å². The van der Waals surface area contributed by atoms with Gasteiger partial charge in [0, 0.05) is 25.7 Å². The first kappa shape index (κ1) is 19.6. The van der Waals surface area contributed by atoms with Gasteiger partial charge in [0.1, 0.15) is 6.04 Å². The molecule has 138 valence electrons. The molecular formula is C20H31N3O2. The molecule has 0 amide bonds. The summed E-state index contributed by atoms with van der Waals surface area (Å²) < 4.78 is 11.6. The topological polar surface area (TPSA) is 48.7 Å². The van der Waals surface area contributed by atoms with Gasteiger partial charge < -0.3 is 14.4 Å². The second-order valence-electron chi connectivity index (χ2n) is 6.82. The van der Waals surface area contributed by atoms with Crippen molar-refractivity contribution in [2.45, 2.75) is 52.8 Å². The van der Waals surface area contributed by atoms with Gasteiger partial charge in [-0.3, -0.25) is 4.90 Å². The molecule has 0 bridgehead atoms. The van der Waals surface area contributed by atoms with E-state index >= 15 is 0 Å². The number of rotatable bonds is 7. The molecule has 0 aromatic heterocycles. The van der Waals surface area contributed by atoms with Crippen LogP contribution in [-0.4, -0.2) is 54.7 Å². The molecule has 1 fully saturated rings. The Hall–Kier alpha value is -1.77. The Kier molecular flexibility index (Phi) is 7.10. The highest BCUT2D eigenvalue weighted by Gasteiger charge is 2.30. The Bertz CT molecular complexity index is 597. The Morgan fingerprint density at radius 1 is 1.24 bits per heavy atom. The number of likely N-dealkylation sites (N-methyl/N-ethyl adjacent to an activating group) is 1. The number of nitrogens with zero attached hydrogens (tertiary/aromatic N) is 3. The molecule has 2 atom stereocenters. The van der Waals surface area contributed by atoms with E-state index in [-0.39, 0.29) is 12.1 Å². The van der Waals surface area contributed by atoms with E-state index in [9.17, 15) is 5.26 Å². The second kappa shape index (κ2) is 9.07. The molecular weight excluding hydrogens is 314 g/mol. The summed E-state index contributed by atoms with van der Waals surface area (Å²) in [5, 5.41) is 9.83. The summed E-state index contributed by atoms with van der Waals surface area (Å²) in [7, 11) is 0. The van der Waals surface area contributed by atoms with Gasteiger partial charge in [-0.2, -0.15) is 5.26 Å². The zero-order valence-electron chi connectivity index (χ0n) is 16.2. The van der Waals surface area contributed by atoms with Crippen LogP contribution in [0.3, 0.4) is 0 Å². The van der Waals surface area contributed by atoms with Gasteiger partial charge in [0.25, 0.3) is 0 Å². The van der Waals surface area contributed by atoms with Gasteiger partial charge in [0.15, 0.2) is 11.5 Å². The molecule has 25 heavy (non-hydrogen) atoms. The van der Waals surface area contributed by atoms with Gasteiger partial charge >= 0.3 is 0 Å². The van der Waals surface area contributed by atoms with Crippen molar-refractivity contribution in [2.24, 2.45) is 0 Å². The van der Waals surface area contributed by atoms with E-state index in [1.807, 2.05) is 39.0 Å². The summed E-state index contributed by atoms with van der Waals surface area (Å²) in [6.45, 7) is 14.9. The van der Waals surface area contributed by atoms with E-state index in [2.05, 4.69) is 29.7 Å². The third-order valence-electron chi connectivity index (χ3n) is 4.61. The first-order valence-corrected chi connectivity index (χ1v) is 9.31. The van der Waals surface area contributed by atoms with E-state index < -0.39 is 0 Å². The van der Waals surface area contributed by atoms with Crippen LogP contribution in [0, 0.1) is 11.3 Å². The van der Waals surface area contributed by atoms with Gasteiger partial charge in [-0.1, -0.05) is 13.0 Å². The van der Waals surface area contributed by atoms with Crippen LogP contribution in [0.25, 0.3) is 0 Å². The molecule has 0 N–H and O–H groups in total. The second-order valence-corrected chi connectivity index (χ2v) is 6.82. The van der Waals surface area contributed by atoms with Crippen molar-refractivity contribution in [1.82, 2.24) is 9.80 Å². The highest BCUT2D eigenvalue weighted by atomic mass is 16.5. The third kappa shape index (κ3) is 4.87. The quantitative estimate of drug-likeness (QED) is 0.757. The van der Waals surface area contributed by atoms with Crippen molar-refractivity contribution in [1.29, 1.82) is 5.26 Å². The van der Waals surface area contributed by atoms with Gasteiger partial charge in [-0.15, -0.1) is 0 Å². The number of nitriles is 1. The molecule has 2 rings (SSSR count). The molecule has 5 heteroatoms. The number of hydrogen-bond donors (Lipinski definition) is 0. The lowest BCUT2D eigenvalue weighted by atomic mass is 10.0. The normalized spacial score (nSPS) is 20.3. The molecule has 1 aliphatic heterocycles. The maximum Gasteiger partial charge on any atom is 0.161 e. The zero-order chi connectivity index (χ0) is 18.4. The summed E-state index contributed by atoms with van der Waals surface area (Å²) in [5.74, 6) is 1.45. The van der Waals surface area contributed by atoms with Crippen LogP contribution in [-0.2, 0) is 0 Å². The van der Waals surface area contributed by atoms with Crippen LogP contribution < -0.4 is 9.47 Å². The van der Waals surface area contributed by atoms with E-state index in [1.54, 1.807) is 0 Å². The van der Waals surface area contributed by atoms with Crippen molar-refractivity contribution < 1.29 is 9.47 Å². The van der Waals surface area contributed by atoms with Gasteiger partial charge in [-0.05, 0) is 51.9 Å². The minimum Gasteiger partial charge on any atom is -0.490 e. The summed E-state index contributed by atoms with van der Waals surface area (Å²) in [6.07, 6.45) is 0.0824. The fourth-order valence-corrected chi connectivity index (χ4v) is 3.37. The maximum atomic E-state index is 9.83. The third-order valence-corrected chi connectivity index (χ3v) is 4.61. The first-order chi connectivity index (χ1) is 12.0. The molecule has 0 aliphatic carbocycles. The number of piperazine rings is 1. The van der Waals surface area contributed by atoms with Crippen molar-refractivity contribution in [2.75, 3.05) is 32.8 Å². The Balaban J connectivity index is 2.25. The highest BCUT2D eigenvalue weighted by molar-refractivity contribution is 5.45. The molecule has 0 saturated carbocycles. The predicted octanol–water partition coefficient (Wildman–Crippen LogP) is 3.46. The SMILES string of the molecule is CCOc1cc(C(C#N)N2CCN(CC)CC2C)ccc1OC(C)C. The van der Waals surface area contributed by atoms with Gasteiger partial charge in [0.2, 0.25) is 0 Å². The Morgan fingerprint density at radius 2 is 2.00 bits per heavy atom. The molecule has 1 aliphatic rings. The predicted molar refractivity (Wildman–Crippen MR) is 100 cm³/mol. The molecule has 1 saturated heterocycles. The lowest BCUT2D eigenvalue weighted by Crippen LogP contribution is -2.52. The van der Waals surface area contributed by atoms with Crippen molar-refractivity contribution >= 4 is 0 Å². The van der Waals surface area contributed by atoms with E-state index in [1.165, 1.54) is 0 Å². The van der Waals surface area contributed by atoms with Crippen molar-refractivity contribution in [3.05, 3.63) is 23.8 Å². The van der Waals surface area contributed by atoms with E-state index in [0.717, 1.165) is 37.5 Å². The molecule has 1 aromatic rings. The summed E-state index contributed by atoms with van der Waals surface area (Å²) in [6, 6.07) is 8.46. The molecule has 5 nitrogen and oxygen atoms in total. The standard InChI is InChI=1S/C20H31N3O2/c1-6-22-10-11-23(16(5)14-22)18(13-21)17-8-9-19(25-15(3)4)20(12-17)24-7-2/h8-9,12,15-16,18H,6-7,10-11,14H2,1-5H3. The van der Waals surface area contributed by atoms with Crippen LogP contribution in [0.4, 0.5) is 0 Å². The van der Waals surface area contributed by atoms with Crippen LogP contribution >= 0.6 is 0 Å². The molecule has 1 heterocycles. The summed E-state index contributed by atoms with van der Waals surface area (Å²) in [4.78, 5) is 4.72. The Morgan fingerprint density at radius 3 is 2.56 bits per heavy atom. The summed E-state index contributed by atoms with van der Waals surface area (Å²) in [5.41, 5.74) is 0.971. The maximum absolute atomic E-state index is 9.83. The van der Waals surface area contributed by atoms with Crippen molar-refractivity contribution in [3.63, 3.8) is 0 Å². The minimum absolute atomic E-state index is 0.0824. The fraction of sp³-hybridized carbons (Fsp3) is 0.650. The fourth-order valence-electron chi connectivity index (χ4n) is 3.37. The van der Waals surface area contributed by atoms with Crippen LogP contribution in [0.15, 0.2) is 18.2 Å². The van der Waals surface area contributed by atoms with E-state index in [0.29, 0.717) is 18.4 Å². The Labute approximate surface area is 152 Å². The summed E-state index contributed by atoms with van der Waals surface area (Å²) >= 11 is 0. The van der Waals surface area contributed by atoms with Gasteiger partial charge in [0.05, 0.1) is 18.8 Å². The molecule has 0 spiro atoms. The van der Waals surface area contributed by atoms with Crippen molar-refractivity contribution in [3.8, 4) is 17.6 Å². The lowest BCUT2D eigenvalue weighted by molar-refractivity contribution is 0.0682. The van der Waals surface area contributed by atoms with Crippen LogP contribution in [0.2, 0.25) is 0 Å². The van der Waals surface area contributed by atoms with E-state index in [4.69, 9.17) is 9.47 Å². The smallest absolute Gasteiger partial charge is 0.161 e. The number of ether oxygens (including phenoxy) is 2.